The van der Waals surface area contributed by atoms with Crippen LogP contribution in [0.2, 0.25) is 0 Å². The highest BCUT2D eigenvalue weighted by Crippen LogP contribution is 2.37. The maximum Gasteiger partial charge on any atom is 0.103 e. The van der Waals surface area contributed by atoms with Gasteiger partial charge in [0.05, 0.1) is 5.69 Å². The molecule has 3 aromatic rings. The second kappa shape index (κ2) is 5.48. The Morgan fingerprint density at radius 3 is 2.30 bits per heavy atom. The number of nitrogens with zero attached hydrogens (tertiary/aromatic N) is 1. The molecule has 2 heteroatoms. The lowest BCUT2D eigenvalue weighted by Gasteiger charge is -2.10. The zero-order chi connectivity index (χ0) is 13.9. The molecule has 0 unspecified atom stereocenters. The zero-order valence-electron chi connectivity index (χ0n) is 11.2. The van der Waals surface area contributed by atoms with Gasteiger partial charge in [0.25, 0.3) is 0 Å². The van der Waals surface area contributed by atoms with Gasteiger partial charge in [0.2, 0.25) is 0 Å². The smallest absolute Gasteiger partial charge is 0.103 e. The van der Waals surface area contributed by atoms with Crippen LogP contribution in [0.1, 0.15) is 6.92 Å². The van der Waals surface area contributed by atoms with Crippen LogP contribution in [0, 0.1) is 0 Å². The molecule has 98 valence electrons. The van der Waals surface area contributed by atoms with Gasteiger partial charge in [0, 0.05) is 10.9 Å². The van der Waals surface area contributed by atoms with Gasteiger partial charge in [0.1, 0.15) is 5.17 Å². The number of hydrogen-bond donors (Lipinski definition) is 0. The third-order valence-electron chi connectivity index (χ3n) is 3.25. The maximum absolute atomic E-state index is 6.02. The highest BCUT2D eigenvalue weighted by Gasteiger charge is 2.08. The lowest BCUT2D eigenvalue weighted by Crippen LogP contribution is -1.84. The van der Waals surface area contributed by atoms with Crippen molar-refractivity contribution in [3.05, 3.63) is 66.7 Å². The molecule has 0 radical (unpaired) electrons. The predicted molar refractivity (Wildman–Crippen MR) is 88.0 cm³/mol. The van der Waals surface area contributed by atoms with Crippen LogP contribution in [0.15, 0.2) is 71.7 Å². The van der Waals surface area contributed by atoms with E-state index in [1.165, 1.54) is 5.39 Å². The van der Waals surface area contributed by atoms with Crippen LogP contribution in [-0.4, -0.2) is 5.17 Å². The summed E-state index contributed by atoms with van der Waals surface area (Å²) < 4.78 is 0. The van der Waals surface area contributed by atoms with Crippen LogP contribution in [0.5, 0.6) is 0 Å². The number of aliphatic imine (C=N–C) groups is 1. The van der Waals surface area contributed by atoms with Crippen molar-refractivity contribution in [3.8, 4) is 11.1 Å². The summed E-state index contributed by atoms with van der Waals surface area (Å²) in [7, 11) is 0. The molecule has 0 spiro atoms. The molecule has 0 aliphatic rings. The quantitative estimate of drug-likeness (QED) is 0.526. The van der Waals surface area contributed by atoms with Crippen molar-refractivity contribution in [2.24, 2.45) is 4.99 Å². The first-order chi connectivity index (χ1) is 9.75. The average Bonchev–Trinajstić information content (AvgIpc) is 2.48. The van der Waals surface area contributed by atoms with E-state index in [0.29, 0.717) is 5.17 Å². The minimum absolute atomic E-state index is 0.540. The minimum Gasteiger partial charge on any atom is -0.240 e. The molecule has 0 aromatic heterocycles. The normalized spacial score (nSPS) is 11.8. The predicted octanol–water partition coefficient (Wildman–Crippen LogP) is 5.80. The molecule has 20 heavy (non-hydrogen) atoms. The molecule has 0 aliphatic carbocycles. The first kappa shape index (κ1) is 12.9. The van der Waals surface area contributed by atoms with Crippen molar-refractivity contribution >= 4 is 33.2 Å². The summed E-state index contributed by atoms with van der Waals surface area (Å²) in [6, 6.07) is 22.7. The third-order valence-corrected chi connectivity index (χ3v) is 3.34. The van der Waals surface area contributed by atoms with Gasteiger partial charge in [-0.15, -0.1) is 0 Å². The van der Waals surface area contributed by atoms with Gasteiger partial charge in [-0.25, -0.2) is 4.99 Å². The average molecular weight is 280 g/mol. The fraction of sp³-hybridized carbons (Fsp3) is 0.0556. The molecule has 0 N–H and O–H groups in total. The summed E-state index contributed by atoms with van der Waals surface area (Å²) in [5, 5.41) is 2.83. The summed E-state index contributed by atoms with van der Waals surface area (Å²) >= 11 is 6.02. The van der Waals surface area contributed by atoms with Crippen molar-refractivity contribution < 1.29 is 0 Å². The van der Waals surface area contributed by atoms with E-state index in [1.807, 2.05) is 30.3 Å². The van der Waals surface area contributed by atoms with Crippen molar-refractivity contribution in [2.45, 2.75) is 6.92 Å². The number of halogens is 1. The standard InChI is InChI=1S/C18H14ClN/c1-13(19)20-18-16-10-6-5-9-15(16)11-12-17(18)14-7-3-2-4-8-14/h2-12H,1H3. The summed E-state index contributed by atoms with van der Waals surface area (Å²) in [5.74, 6) is 0. The van der Waals surface area contributed by atoms with E-state index < -0.39 is 0 Å². The van der Waals surface area contributed by atoms with E-state index in [-0.39, 0.29) is 0 Å². The van der Waals surface area contributed by atoms with E-state index in [0.717, 1.165) is 22.2 Å². The second-order valence-electron chi connectivity index (χ2n) is 4.66. The van der Waals surface area contributed by atoms with E-state index in [9.17, 15) is 0 Å². The van der Waals surface area contributed by atoms with Crippen molar-refractivity contribution in [1.82, 2.24) is 0 Å². The third kappa shape index (κ3) is 2.45. The van der Waals surface area contributed by atoms with Crippen LogP contribution >= 0.6 is 11.6 Å². The molecule has 0 aliphatic heterocycles. The monoisotopic (exact) mass is 279 g/mol. The van der Waals surface area contributed by atoms with Gasteiger partial charge in [0.15, 0.2) is 0 Å². The Hall–Kier alpha value is -2.12. The molecule has 0 saturated carbocycles. The van der Waals surface area contributed by atoms with E-state index in [1.54, 1.807) is 6.92 Å². The fourth-order valence-electron chi connectivity index (χ4n) is 2.38. The number of rotatable bonds is 2. The van der Waals surface area contributed by atoms with Gasteiger partial charge in [-0.3, -0.25) is 0 Å². The molecule has 3 aromatic carbocycles. The van der Waals surface area contributed by atoms with Crippen LogP contribution in [0.25, 0.3) is 21.9 Å². The van der Waals surface area contributed by atoms with E-state index in [4.69, 9.17) is 11.6 Å². The Kier molecular flexibility index (Phi) is 3.53. The van der Waals surface area contributed by atoms with Gasteiger partial charge >= 0.3 is 0 Å². The maximum atomic E-state index is 6.02. The number of hydrogen-bond acceptors (Lipinski definition) is 1. The van der Waals surface area contributed by atoms with E-state index in [2.05, 4.69) is 41.4 Å². The van der Waals surface area contributed by atoms with Gasteiger partial charge in [-0.05, 0) is 17.9 Å². The molecule has 0 saturated heterocycles. The largest absolute Gasteiger partial charge is 0.240 e. The van der Waals surface area contributed by atoms with Crippen LogP contribution in [-0.2, 0) is 0 Å². The lowest BCUT2D eigenvalue weighted by atomic mass is 9.98. The Morgan fingerprint density at radius 2 is 1.55 bits per heavy atom. The Labute approximate surface area is 123 Å². The molecule has 3 rings (SSSR count). The summed E-state index contributed by atoms with van der Waals surface area (Å²) in [6.45, 7) is 1.80. The summed E-state index contributed by atoms with van der Waals surface area (Å²) in [6.07, 6.45) is 0. The number of fused-ring (bicyclic) bond motifs is 1. The van der Waals surface area contributed by atoms with Gasteiger partial charge < -0.3 is 0 Å². The molecule has 0 amide bonds. The highest BCUT2D eigenvalue weighted by atomic mass is 35.5. The van der Waals surface area contributed by atoms with Crippen molar-refractivity contribution in [2.75, 3.05) is 0 Å². The Bertz CT molecular complexity index is 772. The lowest BCUT2D eigenvalue weighted by molar-refractivity contribution is 1.54. The van der Waals surface area contributed by atoms with Crippen LogP contribution in [0.4, 0.5) is 5.69 Å². The first-order valence-electron chi connectivity index (χ1n) is 6.53. The first-order valence-corrected chi connectivity index (χ1v) is 6.91. The molecular weight excluding hydrogens is 266 g/mol. The second-order valence-corrected chi connectivity index (χ2v) is 5.20. The van der Waals surface area contributed by atoms with Crippen molar-refractivity contribution in [1.29, 1.82) is 0 Å². The Morgan fingerprint density at radius 1 is 0.850 bits per heavy atom. The zero-order valence-corrected chi connectivity index (χ0v) is 11.9. The SMILES string of the molecule is CC(Cl)=Nc1c(-c2ccccc2)ccc2ccccc12. The van der Waals surface area contributed by atoms with Crippen molar-refractivity contribution in [3.63, 3.8) is 0 Å². The van der Waals surface area contributed by atoms with Gasteiger partial charge in [-0.2, -0.15) is 0 Å². The molecule has 0 fully saturated rings. The molecule has 1 nitrogen and oxygen atoms in total. The molecule has 0 atom stereocenters. The van der Waals surface area contributed by atoms with Crippen LogP contribution in [0.3, 0.4) is 0 Å². The minimum atomic E-state index is 0.540. The number of benzene rings is 3. The van der Waals surface area contributed by atoms with Crippen LogP contribution < -0.4 is 0 Å². The summed E-state index contributed by atoms with van der Waals surface area (Å²) in [5.41, 5.74) is 3.18. The topological polar surface area (TPSA) is 12.4 Å². The highest BCUT2D eigenvalue weighted by molar-refractivity contribution is 6.65. The summed E-state index contributed by atoms with van der Waals surface area (Å²) in [4.78, 5) is 4.55. The Balaban J connectivity index is 2.35. The van der Waals surface area contributed by atoms with E-state index >= 15 is 0 Å². The van der Waals surface area contributed by atoms with Gasteiger partial charge in [-0.1, -0.05) is 78.3 Å². The molecule has 0 bridgehead atoms. The fourth-order valence-corrected chi connectivity index (χ4v) is 2.46. The molecular formula is C18H14ClN. The molecule has 0 heterocycles.